The van der Waals surface area contributed by atoms with Crippen LogP contribution in [0.3, 0.4) is 0 Å². The van der Waals surface area contributed by atoms with Gasteiger partial charge in [-0.1, -0.05) is 13.8 Å². The third-order valence-electron chi connectivity index (χ3n) is 4.57. The van der Waals surface area contributed by atoms with E-state index in [-0.39, 0.29) is 18.1 Å². The van der Waals surface area contributed by atoms with Crippen LogP contribution in [0, 0.1) is 16.7 Å². The Morgan fingerprint density at radius 3 is 2.78 bits per heavy atom. The number of amides is 1. The van der Waals surface area contributed by atoms with Gasteiger partial charge in [0.25, 0.3) is 0 Å². The molecule has 0 aromatic heterocycles. The fraction of sp³-hybridized carbons (Fsp3) is 0.857. The molecule has 100 valence electrons. The van der Waals surface area contributed by atoms with Crippen LogP contribution in [-0.4, -0.2) is 36.1 Å². The Kier molecular flexibility index (Phi) is 3.91. The Labute approximate surface area is 109 Å². The zero-order chi connectivity index (χ0) is 13.2. The summed E-state index contributed by atoms with van der Waals surface area (Å²) in [6, 6.07) is 2.47. The molecule has 0 N–H and O–H groups in total. The third-order valence-corrected chi connectivity index (χ3v) is 4.57. The number of morpholine rings is 1. The van der Waals surface area contributed by atoms with E-state index in [1.54, 1.807) is 0 Å². The summed E-state index contributed by atoms with van der Waals surface area (Å²) in [6.07, 6.45) is 4.57. The van der Waals surface area contributed by atoms with Gasteiger partial charge in [-0.2, -0.15) is 5.26 Å². The highest BCUT2D eigenvalue weighted by Gasteiger charge is 2.45. The van der Waals surface area contributed by atoms with E-state index in [1.807, 2.05) is 18.7 Å². The summed E-state index contributed by atoms with van der Waals surface area (Å²) < 4.78 is 5.72. The van der Waals surface area contributed by atoms with Crippen LogP contribution in [-0.2, 0) is 9.53 Å². The van der Waals surface area contributed by atoms with Gasteiger partial charge in [0, 0.05) is 6.54 Å². The zero-order valence-electron chi connectivity index (χ0n) is 11.3. The minimum atomic E-state index is -0.829. The van der Waals surface area contributed by atoms with Gasteiger partial charge in [-0.05, 0) is 32.1 Å². The molecule has 1 aliphatic heterocycles. The van der Waals surface area contributed by atoms with Crippen molar-refractivity contribution in [3.63, 3.8) is 0 Å². The number of ether oxygens (including phenoxy) is 1. The van der Waals surface area contributed by atoms with E-state index < -0.39 is 5.41 Å². The van der Waals surface area contributed by atoms with E-state index >= 15 is 0 Å². The first kappa shape index (κ1) is 13.4. The maximum atomic E-state index is 12.7. The van der Waals surface area contributed by atoms with Gasteiger partial charge in [0.05, 0.1) is 24.8 Å². The lowest BCUT2D eigenvalue weighted by atomic mass is 9.82. The number of carbonyl (C=O) groups is 1. The molecule has 1 amide bonds. The number of hydrogen-bond donors (Lipinski definition) is 0. The molecule has 18 heavy (non-hydrogen) atoms. The van der Waals surface area contributed by atoms with Crippen molar-refractivity contribution >= 4 is 5.91 Å². The molecule has 1 saturated heterocycles. The van der Waals surface area contributed by atoms with Gasteiger partial charge in [0.1, 0.15) is 5.41 Å². The average Bonchev–Trinajstić information content (AvgIpc) is 2.89. The summed E-state index contributed by atoms with van der Waals surface area (Å²) in [4.78, 5) is 14.6. The predicted octanol–water partition coefficient (Wildman–Crippen LogP) is 2.10. The molecule has 1 heterocycles. The maximum absolute atomic E-state index is 12.7. The molecule has 1 saturated carbocycles. The maximum Gasteiger partial charge on any atom is 0.243 e. The van der Waals surface area contributed by atoms with Crippen molar-refractivity contribution in [2.45, 2.75) is 58.1 Å². The lowest BCUT2D eigenvalue weighted by Gasteiger charge is -2.41. The van der Waals surface area contributed by atoms with Crippen molar-refractivity contribution < 1.29 is 9.53 Å². The second-order valence-electron chi connectivity index (χ2n) is 5.31. The first-order valence-corrected chi connectivity index (χ1v) is 7.02. The fourth-order valence-corrected chi connectivity index (χ4v) is 3.21. The largest absolute Gasteiger partial charge is 0.374 e. The summed E-state index contributed by atoms with van der Waals surface area (Å²) in [5.41, 5.74) is -0.829. The first-order chi connectivity index (χ1) is 8.68. The second-order valence-corrected chi connectivity index (χ2v) is 5.31. The van der Waals surface area contributed by atoms with Gasteiger partial charge in [0.15, 0.2) is 0 Å². The molecule has 4 heteroatoms. The van der Waals surface area contributed by atoms with Gasteiger partial charge >= 0.3 is 0 Å². The van der Waals surface area contributed by atoms with Crippen LogP contribution in [0.5, 0.6) is 0 Å². The SMILES string of the molecule is CCC(C#N)(CC)C(=O)N1CCOC2CCCC21. The van der Waals surface area contributed by atoms with Crippen LogP contribution in [0.1, 0.15) is 46.0 Å². The number of rotatable bonds is 3. The van der Waals surface area contributed by atoms with Crippen LogP contribution in [0.4, 0.5) is 0 Å². The smallest absolute Gasteiger partial charge is 0.243 e. The molecule has 0 aromatic rings. The number of carbonyl (C=O) groups excluding carboxylic acids is 1. The Balaban J connectivity index is 2.19. The zero-order valence-corrected chi connectivity index (χ0v) is 11.3. The van der Waals surface area contributed by atoms with Gasteiger partial charge in [-0.15, -0.1) is 0 Å². The van der Waals surface area contributed by atoms with Gasteiger partial charge in [-0.25, -0.2) is 0 Å². The van der Waals surface area contributed by atoms with E-state index in [0.717, 1.165) is 19.3 Å². The predicted molar refractivity (Wildman–Crippen MR) is 67.7 cm³/mol. The Hall–Kier alpha value is -1.08. The van der Waals surface area contributed by atoms with Crippen molar-refractivity contribution in [1.29, 1.82) is 5.26 Å². The minimum Gasteiger partial charge on any atom is -0.374 e. The van der Waals surface area contributed by atoms with E-state index in [9.17, 15) is 10.1 Å². The topological polar surface area (TPSA) is 53.3 Å². The fourth-order valence-electron chi connectivity index (χ4n) is 3.21. The third kappa shape index (κ3) is 2.01. The molecular weight excluding hydrogens is 228 g/mol. The molecule has 4 nitrogen and oxygen atoms in total. The molecule has 2 rings (SSSR count). The highest BCUT2D eigenvalue weighted by molar-refractivity contribution is 5.85. The van der Waals surface area contributed by atoms with Crippen LogP contribution in [0.2, 0.25) is 0 Å². The molecule has 2 unspecified atom stereocenters. The molecule has 0 radical (unpaired) electrons. The van der Waals surface area contributed by atoms with Crippen LogP contribution in [0.25, 0.3) is 0 Å². The quantitative estimate of drug-likeness (QED) is 0.770. The van der Waals surface area contributed by atoms with Crippen LogP contribution >= 0.6 is 0 Å². The van der Waals surface area contributed by atoms with Gasteiger partial charge < -0.3 is 9.64 Å². The summed E-state index contributed by atoms with van der Waals surface area (Å²) >= 11 is 0. The highest BCUT2D eigenvalue weighted by Crippen LogP contribution is 2.35. The first-order valence-electron chi connectivity index (χ1n) is 7.02. The second kappa shape index (κ2) is 5.27. The van der Waals surface area contributed by atoms with Crippen molar-refractivity contribution in [2.75, 3.05) is 13.2 Å². The van der Waals surface area contributed by atoms with Crippen LogP contribution < -0.4 is 0 Å². The standard InChI is InChI=1S/C14H22N2O2/c1-3-14(4-2,10-15)13(17)16-8-9-18-12-7-5-6-11(12)16/h11-12H,3-9H2,1-2H3. The van der Waals surface area contributed by atoms with E-state index in [4.69, 9.17) is 4.74 Å². The number of fused-ring (bicyclic) bond motifs is 1. The van der Waals surface area contributed by atoms with Crippen molar-refractivity contribution in [2.24, 2.45) is 5.41 Å². The Bertz CT molecular complexity index is 357. The van der Waals surface area contributed by atoms with Crippen molar-refractivity contribution in [3.05, 3.63) is 0 Å². The van der Waals surface area contributed by atoms with Crippen LogP contribution in [0.15, 0.2) is 0 Å². The summed E-state index contributed by atoms with van der Waals surface area (Å²) in [5.74, 6) is 0.0233. The molecular formula is C14H22N2O2. The number of nitriles is 1. The Morgan fingerprint density at radius 1 is 1.44 bits per heavy atom. The molecule has 2 fully saturated rings. The average molecular weight is 250 g/mol. The highest BCUT2D eigenvalue weighted by atomic mass is 16.5. The molecule has 0 aromatic carbocycles. The molecule has 1 aliphatic carbocycles. The summed E-state index contributed by atoms with van der Waals surface area (Å²) in [6.45, 7) is 5.11. The van der Waals surface area contributed by atoms with E-state index in [0.29, 0.717) is 26.0 Å². The lowest BCUT2D eigenvalue weighted by Crippen LogP contribution is -2.55. The number of hydrogen-bond acceptors (Lipinski definition) is 3. The molecule has 0 spiro atoms. The molecule has 2 aliphatic rings. The summed E-state index contributed by atoms with van der Waals surface area (Å²) in [5, 5.41) is 9.39. The minimum absolute atomic E-state index is 0.0233. The van der Waals surface area contributed by atoms with Gasteiger partial charge in [0.2, 0.25) is 5.91 Å². The van der Waals surface area contributed by atoms with Gasteiger partial charge in [-0.3, -0.25) is 4.79 Å². The summed E-state index contributed by atoms with van der Waals surface area (Å²) in [7, 11) is 0. The molecule has 0 bridgehead atoms. The lowest BCUT2D eigenvalue weighted by molar-refractivity contribution is -0.152. The Morgan fingerprint density at radius 2 is 2.17 bits per heavy atom. The van der Waals surface area contributed by atoms with E-state index in [1.165, 1.54) is 0 Å². The van der Waals surface area contributed by atoms with E-state index in [2.05, 4.69) is 6.07 Å². The van der Waals surface area contributed by atoms with Crippen molar-refractivity contribution in [1.82, 2.24) is 4.90 Å². The normalized spacial score (nSPS) is 27.7. The van der Waals surface area contributed by atoms with Crippen molar-refractivity contribution in [3.8, 4) is 6.07 Å². The monoisotopic (exact) mass is 250 g/mol. The molecule has 2 atom stereocenters. The number of nitrogens with zero attached hydrogens (tertiary/aromatic N) is 2.